The van der Waals surface area contributed by atoms with Crippen LogP contribution in [0.4, 0.5) is 15.8 Å². The van der Waals surface area contributed by atoms with Crippen molar-refractivity contribution in [3.8, 4) is 0 Å². The van der Waals surface area contributed by atoms with Gasteiger partial charge in [0.2, 0.25) is 5.91 Å². The molecule has 1 aromatic carbocycles. The number of anilines is 2. The van der Waals surface area contributed by atoms with Crippen LogP contribution in [0.3, 0.4) is 0 Å². The predicted molar refractivity (Wildman–Crippen MR) is 99.8 cm³/mol. The lowest BCUT2D eigenvalue weighted by atomic mass is 10.1. The van der Waals surface area contributed by atoms with E-state index in [2.05, 4.69) is 5.32 Å². The average Bonchev–Trinajstić information content (AvgIpc) is 2.90. The maximum atomic E-state index is 14.5. The Morgan fingerprint density at radius 2 is 2.00 bits per heavy atom. The molecule has 0 bridgehead atoms. The highest BCUT2D eigenvalue weighted by atomic mass is 35.5. The quantitative estimate of drug-likeness (QED) is 0.469. The minimum absolute atomic E-state index is 0.0116. The van der Waals surface area contributed by atoms with Crippen LogP contribution in [0, 0.1) is 5.82 Å². The summed E-state index contributed by atoms with van der Waals surface area (Å²) in [4.78, 5) is 42.5. The number of likely N-dealkylation sites (N-methyl/N-ethyl adjacent to an activating group) is 1. The summed E-state index contributed by atoms with van der Waals surface area (Å²) < 4.78 is 14.5. The van der Waals surface area contributed by atoms with Gasteiger partial charge in [0.1, 0.15) is 11.9 Å². The van der Waals surface area contributed by atoms with E-state index in [4.69, 9.17) is 16.4 Å². The summed E-state index contributed by atoms with van der Waals surface area (Å²) in [7, 11) is 2.79. The largest absolute Gasteiger partial charge is 0.373 e. The van der Waals surface area contributed by atoms with Crippen LogP contribution in [0.2, 0.25) is 5.02 Å². The molecule has 0 aliphatic carbocycles. The molecule has 1 fully saturated rings. The van der Waals surface area contributed by atoms with Crippen molar-refractivity contribution in [2.45, 2.75) is 33.2 Å². The van der Waals surface area contributed by atoms with Gasteiger partial charge >= 0.3 is 0 Å². The van der Waals surface area contributed by atoms with Crippen LogP contribution in [0.5, 0.6) is 0 Å². The molecular formula is C18H21ClFN3O4. The van der Waals surface area contributed by atoms with Crippen LogP contribution in [0.1, 0.15) is 27.2 Å². The molecule has 1 aliphatic heterocycles. The number of benzene rings is 1. The number of rotatable bonds is 5. The van der Waals surface area contributed by atoms with Gasteiger partial charge < -0.3 is 5.32 Å². The van der Waals surface area contributed by atoms with E-state index in [1.165, 1.54) is 20.2 Å². The van der Waals surface area contributed by atoms with E-state index < -0.39 is 23.7 Å². The Labute approximate surface area is 161 Å². The van der Waals surface area contributed by atoms with Gasteiger partial charge in [-0.2, -0.15) is 0 Å². The first-order chi connectivity index (χ1) is 12.6. The molecule has 7 nitrogen and oxygen atoms in total. The summed E-state index contributed by atoms with van der Waals surface area (Å²) in [6.45, 7) is 5.01. The number of halogens is 2. The number of hydrogen-bond donors (Lipinski definition) is 1. The fraction of sp³-hybridized carbons (Fsp3) is 0.389. The van der Waals surface area contributed by atoms with Crippen molar-refractivity contribution >= 4 is 40.7 Å². The van der Waals surface area contributed by atoms with Crippen LogP contribution in [-0.2, 0) is 19.2 Å². The molecule has 0 radical (unpaired) electrons. The highest BCUT2D eigenvalue weighted by molar-refractivity contribution is 6.34. The van der Waals surface area contributed by atoms with Gasteiger partial charge in [-0.05, 0) is 32.9 Å². The third-order valence-corrected chi connectivity index (χ3v) is 4.56. The van der Waals surface area contributed by atoms with Gasteiger partial charge in [0.15, 0.2) is 0 Å². The Hall–Kier alpha value is -2.45. The molecule has 1 aromatic rings. The van der Waals surface area contributed by atoms with Crippen molar-refractivity contribution in [2.75, 3.05) is 24.4 Å². The third-order valence-electron chi connectivity index (χ3n) is 4.25. The maximum Gasteiger partial charge on any atom is 0.268 e. The van der Waals surface area contributed by atoms with Crippen LogP contribution in [0.25, 0.3) is 0 Å². The number of nitrogens with one attached hydrogen (secondary N) is 1. The predicted octanol–water partition coefficient (Wildman–Crippen LogP) is 2.90. The zero-order valence-electron chi connectivity index (χ0n) is 15.7. The van der Waals surface area contributed by atoms with Crippen LogP contribution in [0.15, 0.2) is 23.3 Å². The van der Waals surface area contributed by atoms with Gasteiger partial charge in [-0.1, -0.05) is 17.2 Å². The first-order valence-electron chi connectivity index (χ1n) is 8.19. The summed E-state index contributed by atoms with van der Waals surface area (Å²) in [6, 6.07) is 1.50. The highest BCUT2D eigenvalue weighted by Gasteiger charge is 2.37. The zero-order chi connectivity index (χ0) is 20.5. The smallest absolute Gasteiger partial charge is 0.268 e. The molecule has 1 unspecified atom stereocenters. The Balaban J connectivity index is 2.39. The average molecular weight is 398 g/mol. The van der Waals surface area contributed by atoms with Crippen LogP contribution >= 0.6 is 11.6 Å². The van der Waals surface area contributed by atoms with E-state index in [1.807, 2.05) is 0 Å². The van der Waals surface area contributed by atoms with Crippen molar-refractivity contribution in [3.63, 3.8) is 0 Å². The van der Waals surface area contributed by atoms with Crippen molar-refractivity contribution in [3.05, 3.63) is 34.1 Å². The van der Waals surface area contributed by atoms with E-state index in [-0.39, 0.29) is 28.7 Å². The molecule has 1 saturated heterocycles. The number of carbonyl (C=O) groups excluding carboxylic acids is 3. The van der Waals surface area contributed by atoms with Gasteiger partial charge in [0, 0.05) is 12.6 Å². The number of imide groups is 1. The summed E-state index contributed by atoms with van der Waals surface area (Å²) in [5, 5.41) is 3.89. The monoisotopic (exact) mass is 397 g/mol. The van der Waals surface area contributed by atoms with E-state index >= 15 is 0 Å². The van der Waals surface area contributed by atoms with Crippen LogP contribution in [-0.4, -0.2) is 43.0 Å². The van der Waals surface area contributed by atoms with Gasteiger partial charge in [0.25, 0.3) is 11.8 Å². The number of carbonyl (C=O) groups is 3. The fourth-order valence-electron chi connectivity index (χ4n) is 2.67. The van der Waals surface area contributed by atoms with Crippen molar-refractivity contribution < 1.29 is 23.6 Å². The van der Waals surface area contributed by atoms with E-state index in [0.29, 0.717) is 11.1 Å². The molecular weight excluding hydrogens is 377 g/mol. The third kappa shape index (κ3) is 4.12. The molecule has 1 N–H and O–H groups in total. The normalized spacial score (nSPS) is 15.2. The van der Waals surface area contributed by atoms with E-state index in [1.54, 1.807) is 20.8 Å². The van der Waals surface area contributed by atoms with Crippen molar-refractivity contribution in [1.29, 1.82) is 0 Å². The lowest BCUT2D eigenvalue weighted by Crippen LogP contribution is -2.38. The van der Waals surface area contributed by atoms with Crippen LogP contribution < -0.4 is 10.2 Å². The molecule has 3 amide bonds. The van der Waals surface area contributed by atoms with Gasteiger partial charge in [-0.25, -0.2) is 14.4 Å². The number of hydrogen-bond acceptors (Lipinski definition) is 5. The summed E-state index contributed by atoms with van der Waals surface area (Å²) >= 11 is 6.07. The molecule has 1 heterocycles. The number of nitrogens with zero attached hydrogens (tertiary/aromatic N) is 2. The van der Waals surface area contributed by atoms with E-state index in [9.17, 15) is 18.8 Å². The first-order valence-corrected chi connectivity index (χ1v) is 8.57. The second kappa shape index (κ2) is 8.06. The van der Waals surface area contributed by atoms with Gasteiger partial charge in [0.05, 0.1) is 29.9 Å². The Morgan fingerprint density at radius 3 is 2.52 bits per heavy atom. The molecule has 0 aromatic heterocycles. The number of hydroxylamine groups is 2. The Morgan fingerprint density at radius 1 is 1.37 bits per heavy atom. The molecule has 9 heteroatoms. The molecule has 0 spiro atoms. The molecule has 1 aliphatic rings. The second-order valence-corrected chi connectivity index (χ2v) is 6.76. The summed E-state index contributed by atoms with van der Waals surface area (Å²) in [6.07, 6.45) is -0.0838. The zero-order valence-corrected chi connectivity index (χ0v) is 16.5. The topological polar surface area (TPSA) is 79.0 Å². The van der Waals surface area contributed by atoms with Crippen molar-refractivity contribution in [1.82, 2.24) is 5.06 Å². The minimum atomic E-state index is -0.810. The molecule has 146 valence electrons. The molecule has 2 rings (SSSR count). The standard InChI is InChI=1S/C18H21ClFN3O4/c1-9(2)11-6-16(24)23(18(11)26)15-8-14(12(19)7-13(15)20)21-10(3)17(25)22(4)27-5/h7-8,10,21H,6H2,1-5H3. The Kier molecular flexibility index (Phi) is 6.22. The molecule has 0 saturated carbocycles. The second-order valence-electron chi connectivity index (χ2n) is 6.36. The first kappa shape index (κ1) is 20.9. The fourth-order valence-corrected chi connectivity index (χ4v) is 2.87. The van der Waals surface area contributed by atoms with Crippen molar-refractivity contribution in [2.24, 2.45) is 0 Å². The Bertz CT molecular complexity index is 836. The SMILES string of the molecule is CON(C)C(=O)C(C)Nc1cc(N2C(=O)CC(=C(C)C)C2=O)c(F)cc1Cl. The lowest BCUT2D eigenvalue weighted by Gasteiger charge is -2.22. The highest BCUT2D eigenvalue weighted by Crippen LogP contribution is 2.35. The molecule has 1 atom stereocenters. The number of amides is 3. The summed E-state index contributed by atoms with van der Waals surface area (Å²) in [5.74, 6) is -2.28. The van der Waals surface area contributed by atoms with Gasteiger partial charge in [-0.3, -0.25) is 19.2 Å². The maximum absolute atomic E-state index is 14.5. The lowest BCUT2D eigenvalue weighted by molar-refractivity contribution is -0.169. The summed E-state index contributed by atoms with van der Waals surface area (Å²) in [5.41, 5.74) is 1.04. The number of allylic oxidation sites excluding steroid dienone is 1. The minimum Gasteiger partial charge on any atom is -0.373 e. The molecule has 27 heavy (non-hydrogen) atoms. The van der Waals surface area contributed by atoms with Gasteiger partial charge in [-0.15, -0.1) is 0 Å². The van der Waals surface area contributed by atoms with E-state index in [0.717, 1.165) is 16.0 Å².